The van der Waals surface area contributed by atoms with Crippen LogP contribution in [-0.2, 0) is 9.59 Å². The minimum absolute atomic E-state index is 0.139. The van der Waals surface area contributed by atoms with E-state index in [-0.39, 0.29) is 19.8 Å². The van der Waals surface area contributed by atoms with E-state index in [1.807, 2.05) is 0 Å². The smallest absolute Gasteiger partial charge is 0.313 e. The SMILES string of the molecule is COc1cccc(NC(=O)C(=O)NCCC(O)c2ccc3c(c2)OCO3)c1. The van der Waals surface area contributed by atoms with E-state index in [2.05, 4.69) is 10.6 Å². The Morgan fingerprint density at radius 1 is 1.15 bits per heavy atom. The predicted octanol–water partition coefficient (Wildman–Crippen LogP) is 1.60. The fourth-order valence-corrected chi connectivity index (χ4v) is 2.58. The Hall–Kier alpha value is -3.26. The largest absolute Gasteiger partial charge is 0.497 e. The van der Waals surface area contributed by atoms with Crippen LogP contribution < -0.4 is 24.8 Å². The normalized spacial score (nSPS) is 13.0. The Kier molecular flexibility index (Phi) is 5.77. The number of carbonyl (C=O) groups is 2. The molecule has 142 valence electrons. The van der Waals surface area contributed by atoms with Gasteiger partial charge in [0, 0.05) is 18.3 Å². The number of aliphatic hydroxyl groups is 1. The molecule has 3 N–H and O–H groups in total. The maximum absolute atomic E-state index is 11.9. The third-order valence-corrected chi connectivity index (χ3v) is 4.02. The van der Waals surface area contributed by atoms with Gasteiger partial charge < -0.3 is 30.0 Å². The number of fused-ring (bicyclic) bond motifs is 1. The fraction of sp³-hybridized carbons (Fsp3) is 0.263. The first kappa shape index (κ1) is 18.5. The molecule has 1 heterocycles. The molecule has 3 rings (SSSR count). The highest BCUT2D eigenvalue weighted by Crippen LogP contribution is 2.34. The van der Waals surface area contributed by atoms with Gasteiger partial charge in [-0.05, 0) is 36.2 Å². The quantitative estimate of drug-likeness (QED) is 0.665. The summed E-state index contributed by atoms with van der Waals surface area (Å²) in [6, 6.07) is 11.8. The van der Waals surface area contributed by atoms with Gasteiger partial charge in [0.1, 0.15) is 5.75 Å². The maximum atomic E-state index is 11.9. The van der Waals surface area contributed by atoms with Gasteiger partial charge >= 0.3 is 11.8 Å². The van der Waals surface area contributed by atoms with Crippen molar-refractivity contribution in [3.63, 3.8) is 0 Å². The summed E-state index contributed by atoms with van der Waals surface area (Å²) in [6.45, 7) is 0.299. The maximum Gasteiger partial charge on any atom is 0.313 e. The van der Waals surface area contributed by atoms with Crippen LogP contribution in [0.15, 0.2) is 42.5 Å². The van der Waals surface area contributed by atoms with Crippen molar-refractivity contribution >= 4 is 17.5 Å². The molecule has 0 radical (unpaired) electrons. The van der Waals surface area contributed by atoms with Gasteiger partial charge in [0.15, 0.2) is 11.5 Å². The summed E-state index contributed by atoms with van der Waals surface area (Å²) in [7, 11) is 1.51. The molecule has 1 atom stereocenters. The molecule has 27 heavy (non-hydrogen) atoms. The van der Waals surface area contributed by atoms with Crippen LogP contribution >= 0.6 is 0 Å². The van der Waals surface area contributed by atoms with Gasteiger partial charge in [-0.3, -0.25) is 9.59 Å². The van der Waals surface area contributed by atoms with Gasteiger partial charge in [-0.15, -0.1) is 0 Å². The molecule has 2 aromatic rings. The highest BCUT2D eigenvalue weighted by Gasteiger charge is 2.18. The minimum atomic E-state index is -0.804. The second kappa shape index (κ2) is 8.41. The van der Waals surface area contributed by atoms with E-state index in [4.69, 9.17) is 14.2 Å². The molecular weight excluding hydrogens is 352 g/mol. The minimum Gasteiger partial charge on any atom is -0.497 e. The first-order chi connectivity index (χ1) is 13.1. The summed E-state index contributed by atoms with van der Waals surface area (Å²) in [4.78, 5) is 23.8. The van der Waals surface area contributed by atoms with Crippen molar-refractivity contribution in [1.82, 2.24) is 5.32 Å². The Labute approximate surface area is 156 Å². The van der Waals surface area contributed by atoms with Crippen LogP contribution in [0.5, 0.6) is 17.2 Å². The number of nitrogens with one attached hydrogen (secondary N) is 2. The van der Waals surface area contributed by atoms with Crippen molar-refractivity contribution in [2.24, 2.45) is 0 Å². The summed E-state index contributed by atoms with van der Waals surface area (Å²) >= 11 is 0. The lowest BCUT2D eigenvalue weighted by atomic mass is 10.1. The molecule has 8 heteroatoms. The van der Waals surface area contributed by atoms with E-state index in [1.165, 1.54) is 7.11 Å². The highest BCUT2D eigenvalue weighted by atomic mass is 16.7. The van der Waals surface area contributed by atoms with Gasteiger partial charge in [-0.1, -0.05) is 12.1 Å². The number of aliphatic hydroxyl groups excluding tert-OH is 1. The van der Waals surface area contributed by atoms with Gasteiger partial charge in [0.05, 0.1) is 13.2 Å². The molecule has 0 bridgehead atoms. The molecular formula is C19H20N2O6. The van der Waals surface area contributed by atoms with Crippen LogP contribution in [-0.4, -0.2) is 37.4 Å². The number of ether oxygens (including phenoxy) is 3. The van der Waals surface area contributed by atoms with Crippen LogP contribution in [0, 0.1) is 0 Å². The molecule has 8 nitrogen and oxygen atoms in total. The third kappa shape index (κ3) is 4.68. The Balaban J connectivity index is 1.46. The Bertz CT molecular complexity index is 839. The number of benzene rings is 2. The van der Waals surface area contributed by atoms with Crippen molar-refractivity contribution in [3.8, 4) is 17.2 Å². The number of anilines is 1. The van der Waals surface area contributed by atoms with E-state index in [0.717, 1.165) is 0 Å². The molecule has 0 saturated carbocycles. The molecule has 0 aliphatic carbocycles. The van der Waals surface area contributed by atoms with Gasteiger partial charge in [-0.2, -0.15) is 0 Å². The van der Waals surface area contributed by atoms with Crippen LogP contribution in [0.3, 0.4) is 0 Å². The summed E-state index contributed by atoms with van der Waals surface area (Å²) in [5, 5.41) is 15.2. The number of rotatable bonds is 6. The van der Waals surface area contributed by atoms with Crippen LogP contribution in [0.4, 0.5) is 5.69 Å². The number of carbonyl (C=O) groups excluding carboxylic acids is 2. The first-order valence-electron chi connectivity index (χ1n) is 8.37. The molecule has 0 saturated heterocycles. The fourth-order valence-electron chi connectivity index (χ4n) is 2.58. The molecule has 2 amide bonds. The number of hydrogen-bond donors (Lipinski definition) is 3. The molecule has 1 aliphatic heterocycles. The second-order valence-corrected chi connectivity index (χ2v) is 5.86. The molecule has 1 aliphatic rings. The third-order valence-electron chi connectivity index (χ3n) is 4.02. The Morgan fingerprint density at radius 3 is 2.78 bits per heavy atom. The average molecular weight is 372 g/mol. The molecule has 0 fully saturated rings. The second-order valence-electron chi connectivity index (χ2n) is 5.86. The van der Waals surface area contributed by atoms with Crippen LogP contribution in [0.1, 0.15) is 18.1 Å². The molecule has 2 aromatic carbocycles. The summed E-state index contributed by atoms with van der Waals surface area (Å²) in [5.74, 6) is 0.207. The molecule has 1 unspecified atom stereocenters. The van der Waals surface area contributed by atoms with Crippen molar-refractivity contribution in [2.45, 2.75) is 12.5 Å². The van der Waals surface area contributed by atoms with E-state index in [9.17, 15) is 14.7 Å². The van der Waals surface area contributed by atoms with Crippen LogP contribution in [0.2, 0.25) is 0 Å². The highest BCUT2D eigenvalue weighted by molar-refractivity contribution is 6.39. The lowest BCUT2D eigenvalue weighted by molar-refractivity contribution is -0.136. The predicted molar refractivity (Wildman–Crippen MR) is 96.8 cm³/mol. The van der Waals surface area contributed by atoms with Crippen molar-refractivity contribution in [2.75, 3.05) is 25.8 Å². The zero-order valence-corrected chi connectivity index (χ0v) is 14.7. The zero-order valence-electron chi connectivity index (χ0n) is 14.7. The topological polar surface area (TPSA) is 106 Å². The molecule has 0 spiro atoms. The number of hydrogen-bond acceptors (Lipinski definition) is 6. The van der Waals surface area contributed by atoms with E-state index in [1.54, 1.807) is 42.5 Å². The van der Waals surface area contributed by atoms with Crippen molar-refractivity contribution < 1.29 is 28.9 Å². The molecule has 0 aromatic heterocycles. The average Bonchev–Trinajstić information content (AvgIpc) is 3.15. The summed E-state index contributed by atoms with van der Waals surface area (Å²) < 4.78 is 15.6. The van der Waals surface area contributed by atoms with Crippen molar-refractivity contribution in [1.29, 1.82) is 0 Å². The lowest BCUT2D eigenvalue weighted by Gasteiger charge is -2.12. The number of amides is 2. The van der Waals surface area contributed by atoms with Gasteiger partial charge in [0.25, 0.3) is 0 Å². The van der Waals surface area contributed by atoms with Crippen LogP contribution in [0.25, 0.3) is 0 Å². The number of methoxy groups -OCH3 is 1. The summed E-state index contributed by atoms with van der Waals surface area (Å²) in [5.41, 5.74) is 1.10. The first-order valence-corrected chi connectivity index (χ1v) is 8.37. The van der Waals surface area contributed by atoms with E-state index in [0.29, 0.717) is 28.5 Å². The Morgan fingerprint density at radius 2 is 1.96 bits per heavy atom. The lowest BCUT2D eigenvalue weighted by Crippen LogP contribution is -2.36. The van der Waals surface area contributed by atoms with Crippen molar-refractivity contribution in [3.05, 3.63) is 48.0 Å². The monoisotopic (exact) mass is 372 g/mol. The van der Waals surface area contributed by atoms with E-state index < -0.39 is 17.9 Å². The van der Waals surface area contributed by atoms with Gasteiger partial charge in [-0.25, -0.2) is 0 Å². The zero-order chi connectivity index (χ0) is 19.2. The van der Waals surface area contributed by atoms with Gasteiger partial charge in [0.2, 0.25) is 6.79 Å². The van der Waals surface area contributed by atoms with E-state index >= 15 is 0 Å². The summed E-state index contributed by atoms with van der Waals surface area (Å²) in [6.07, 6.45) is -0.557. The standard InChI is InChI=1S/C19H20N2O6/c1-25-14-4-2-3-13(10-14)21-19(24)18(23)20-8-7-15(22)12-5-6-16-17(9-12)27-11-26-16/h2-6,9-10,15,22H,7-8,11H2,1H3,(H,20,23)(H,21,24).